The molecular weight excluding hydrogens is 330 g/mol. The summed E-state index contributed by atoms with van der Waals surface area (Å²) in [6.45, 7) is 0.449. The molecule has 2 aliphatic rings. The molecule has 0 bridgehead atoms. The van der Waals surface area contributed by atoms with E-state index in [4.69, 9.17) is 0 Å². The van der Waals surface area contributed by atoms with E-state index >= 15 is 0 Å². The molecule has 2 fully saturated rings. The molecule has 1 atom stereocenters. The number of amides is 2. The van der Waals surface area contributed by atoms with Crippen molar-refractivity contribution in [2.24, 2.45) is 5.92 Å². The van der Waals surface area contributed by atoms with Gasteiger partial charge in [-0.05, 0) is 31.0 Å². The molecular formula is C16H21N3O4S. The van der Waals surface area contributed by atoms with Gasteiger partial charge in [-0.25, -0.2) is 12.7 Å². The zero-order chi connectivity index (χ0) is 17.5. The van der Waals surface area contributed by atoms with Gasteiger partial charge in [0.2, 0.25) is 21.8 Å². The van der Waals surface area contributed by atoms with E-state index < -0.39 is 10.0 Å². The van der Waals surface area contributed by atoms with E-state index in [9.17, 15) is 18.0 Å². The second-order valence-corrected chi connectivity index (χ2v) is 8.63. The molecule has 1 heterocycles. The van der Waals surface area contributed by atoms with Crippen LogP contribution in [0.4, 0.5) is 5.69 Å². The number of hydrogen-bond donors (Lipinski definition) is 1. The molecule has 1 aliphatic heterocycles. The predicted molar refractivity (Wildman–Crippen MR) is 88.8 cm³/mol. The fourth-order valence-corrected chi connectivity index (χ4v) is 3.78. The highest BCUT2D eigenvalue weighted by atomic mass is 32.2. The van der Waals surface area contributed by atoms with Gasteiger partial charge in [-0.1, -0.05) is 6.07 Å². The zero-order valence-corrected chi connectivity index (χ0v) is 14.5. The van der Waals surface area contributed by atoms with Crippen LogP contribution in [0.3, 0.4) is 0 Å². The number of sulfonamides is 1. The van der Waals surface area contributed by atoms with Crippen LogP contribution < -0.4 is 5.32 Å². The van der Waals surface area contributed by atoms with Crippen LogP contribution in [0.5, 0.6) is 0 Å². The monoisotopic (exact) mass is 351 g/mol. The lowest BCUT2D eigenvalue weighted by atomic mass is 10.1. The van der Waals surface area contributed by atoms with Gasteiger partial charge in [-0.3, -0.25) is 9.59 Å². The summed E-state index contributed by atoms with van der Waals surface area (Å²) in [4.78, 5) is 26.2. The van der Waals surface area contributed by atoms with Crippen LogP contribution in [0.25, 0.3) is 0 Å². The first-order valence-corrected chi connectivity index (χ1v) is 9.36. The van der Waals surface area contributed by atoms with Crippen LogP contribution in [-0.2, 0) is 19.6 Å². The molecule has 7 nitrogen and oxygen atoms in total. The van der Waals surface area contributed by atoms with E-state index in [1.54, 1.807) is 17.0 Å². The van der Waals surface area contributed by atoms with Gasteiger partial charge in [-0.15, -0.1) is 0 Å². The number of benzene rings is 1. The van der Waals surface area contributed by atoms with Gasteiger partial charge in [0.05, 0.1) is 10.8 Å². The summed E-state index contributed by atoms with van der Waals surface area (Å²) in [7, 11) is -0.644. The van der Waals surface area contributed by atoms with Crippen molar-refractivity contribution in [3.05, 3.63) is 24.3 Å². The van der Waals surface area contributed by atoms with Crippen LogP contribution >= 0.6 is 0 Å². The van der Waals surface area contributed by atoms with E-state index in [0.717, 1.165) is 17.1 Å². The summed E-state index contributed by atoms with van der Waals surface area (Å²) in [5, 5.41) is 2.73. The summed E-state index contributed by atoms with van der Waals surface area (Å²) < 4.78 is 25.4. The Hall–Kier alpha value is -1.93. The van der Waals surface area contributed by atoms with Crippen molar-refractivity contribution < 1.29 is 18.0 Å². The van der Waals surface area contributed by atoms with E-state index in [0.29, 0.717) is 18.3 Å². The topological polar surface area (TPSA) is 86.8 Å². The molecule has 0 radical (unpaired) electrons. The Kier molecular flexibility index (Phi) is 4.35. The average Bonchev–Trinajstić information content (AvgIpc) is 3.29. The second-order valence-electron chi connectivity index (χ2n) is 6.48. The van der Waals surface area contributed by atoms with E-state index in [2.05, 4.69) is 5.32 Å². The van der Waals surface area contributed by atoms with Gasteiger partial charge < -0.3 is 10.2 Å². The Morgan fingerprint density at radius 1 is 1.29 bits per heavy atom. The van der Waals surface area contributed by atoms with Crippen molar-refractivity contribution >= 4 is 27.5 Å². The largest absolute Gasteiger partial charge is 0.339 e. The molecule has 24 heavy (non-hydrogen) atoms. The molecule has 3 rings (SSSR count). The Morgan fingerprint density at radius 2 is 2.00 bits per heavy atom. The molecule has 0 spiro atoms. The summed E-state index contributed by atoms with van der Waals surface area (Å²) in [5.74, 6) is -0.598. The Labute approximate surface area is 141 Å². The van der Waals surface area contributed by atoms with Gasteiger partial charge in [0.1, 0.15) is 0 Å². The third-order valence-electron chi connectivity index (χ3n) is 4.40. The maximum Gasteiger partial charge on any atom is 0.242 e. The highest BCUT2D eigenvalue weighted by Crippen LogP contribution is 2.33. The first-order chi connectivity index (χ1) is 11.3. The van der Waals surface area contributed by atoms with Crippen molar-refractivity contribution in [2.45, 2.75) is 30.2 Å². The highest BCUT2D eigenvalue weighted by molar-refractivity contribution is 7.89. The minimum Gasteiger partial charge on any atom is -0.339 e. The number of nitrogens with one attached hydrogen (secondary N) is 1. The summed E-state index contributed by atoms with van der Waals surface area (Å²) in [6, 6.07) is 6.45. The molecule has 8 heteroatoms. The maximum atomic E-state index is 12.4. The van der Waals surface area contributed by atoms with Crippen molar-refractivity contribution in [3.63, 3.8) is 0 Å². The third kappa shape index (κ3) is 3.29. The summed E-state index contributed by atoms with van der Waals surface area (Å²) in [5.41, 5.74) is 0.417. The second kappa shape index (κ2) is 6.18. The maximum absolute atomic E-state index is 12.4. The smallest absolute Gasteiger partial charge is 0.242 e. The molecule has 130 valence electrons. The van der Waals surface area contributed by atoms with Crippen molar-refractivity contribution in [2.75, 3.05) is 26.0 Å². The first-order valence-electron chi connectivity index (χ1n) is 7.92. The fourth-order valence-electron chi connectivity index (χ4n) is 2.84. The van der Waals surface area contributed by atoms with Gasteiger partial charge in [0.25, 0.3) is 0 Å². The number of anilines is 1. The molecule has 1 aromatic carbocycles. The molecule has 1 saturated heterocycles. The van der Waals surface area contributed by atoms with E-state index in [1.807, 2.05) is 0 Å². The van der Waals surface area contributed by atoms with Crippen molar-refractivity contribution in [1.29, 1.82) is 0 Å². The van der Waals surface area contributed by atoms with Gasteiger partial charge >= 0.3 is 0 Å². The Balaban J connectivity index is 1.70. The molecule has 0 aromatic heterocycles. The number of likely N-dealkylation sites (tertiary alicyclic amines) is 1. The SMILES string of the molecule is CN(C)S(=O)(=O)c1cccc(NC(=O)C2CC(=O)N(C3CC3)C2)c1. The Morgan fingerprint density at radius 3 is 2.62 bits per heavy atom. The van der Waals surface area contributed by atoms with Gasteiger partial charge in [0.15, 0.2) is 0 Å². The van der Waals surface area contributed by atoms with Crippen LogP contribution in [-0.4, -0.2) is 56.1 Å². The molecule has 2 amide bonds. The van der Waals surface area contributed by atoms with Crippen molar-refractivity contribution in [1.82, 2.24) is 9.21 Å². The molecule has 1 aliphatic carbocycles. The lowest BCUT2D eigenvalue weighted by Gasteiger charge is -2.16. The Bertz CT molecular complexity index is 771. The quantitative estimate of drug-likeness (QED) is 0.853. The standard InChI is InChI=1S/C16H21N3O4S/c1-18(2)24(22,23)14-5-3-4-12(9-14)17-16(21)11-8-15(20)19(10-11)13-6-7-13/h3-5,9,11,13H,6-8,10H2,1-2H3,(H,17,21). The van der Waals surface area contributed by atoms with Crippen LogP contribution in [0.1, 0.15) is 19.3 Å². The number of nitrogens with zero attached hydrogens (tertiary/aromatic N) is 2. The normalized spacial score (nSPS) is 21.4. The van der Waals surface area contributed by atoms with Gasteiger partial charge in [0, 0.05) is 38.8 Å². The molecule has 1 N–H and O–H groups in total. The van der Waals surface area contributed by atoms with Crippen molar-refractivity contribution in [3.8, 4) is 0 Å². The van der Waals surface area contributed by atoms with Crippen LogP contribution in [0.15, 0.2) is 29.2 Å². The van der Waals surface area contributed by atoms with Crippen LogP contribution in [0, 0.1) is 5.92 Å². The lowest BCUT2D eigenvalue weighted by Crippen LogP contribution is -2.30. The first kappa shape index (κ1) is 16.9. The van der Waals surface area contributed by atoms with E-state index in [-0.39, 0.29) is 29.0 Å². The van der Waals surface area contributed by atoms with Gasteiger partial charge in [-0.2, -0.15) is 0 Å². The molecule has 1 aromatic rings. The van der Waals surface area contributed by atoms with Crippen LogP contribution in [0.2, 0.25) is 0 Å². The summed E-state index contributed by atoms with van der Waals surface area (Å²) in [6.07, 6.45) is 2.26. The average molecular weight is 351 g/mol. The molecule has 1 unspecified atom stereocenters. The third-order valence-corrected chi connectivity index (χ3v) is 6.21. The van der Waals surface area contributed by atoms with E-state index in [1.165, 1.54) is 26.2 Å². The highest BCUT2D eigenvalue weighted by Gasteiger charge is 2.41. The molecule has 1 saturated carbocycles. The lowest BCUT2D eigenvalue weighted by molar-refractivity contribution is -0.128. The number of carbonyl (C=O) groups is 2. The predicted octanol–water partition coefficient (Wildman–Crippen LogP) is 0.886. The minimum absolute atomic E-state index is 0.0292. The zero-order valence-electron chi connectivity index (χ0n) is 13.7. The fraction of sp³-hybridized carbons (Fsp3) is 0.500. The summed E-state index contributed by atoms with van der Waals surface area (Å²) >= 11 is 0. The number of carbonyl (C=O) groups excluding carboxylic acids is 2. The minimum atomic E-state index is -3.56. The number of rotatable bonds is 5. The number of hydrogen-bond acceptors (Lipinski definition) is 4.